The molecule has 0 bridgehead atoms. The highest BCUT2D eigenvalue weighted by atomic mass is 16.6. The molecule has 1 unspecified atom stereocenters. The van der Waals surface area contributed by atoms with Crippen LogP contribution in [0.1, 0.15) is 17.3 Å². The molecule has 1 saturated heterocycles. The highest BCUT2D eigenvalue weighted by Crippen LogP contribution is 2.31. The number of benzene rings is 1. The third-order valence-corrected chi connectivity index (χ3v) is 4.20. The summed E-state index contributed by atoms with van der Waals surface area (Å²) in [5.74, 6) is 0.972. The zero-order chi connectivity index (χ0) is 16.2. The first-order valence-electron chi connectivity index (χ1n) is 8.13. The number of fused-ring (bicyclic) bond motifs is 1. The van der Waals surface area contributed by atoms with Gasteiger partial charge in [0.15, 0.2) is 11.5 Å². The molecule has 0 aromatic heterocycles. The lowest BCUT2D eigenvalue weighted by Crippen LogP contribution is -2.47. The third kappa shape index (κ3) is 4.14. The maximum atomic E-state index is 12.3. The second-order valence-corrected chi connectivity index (χ2v) is 6.18. The molecule has 2 aliphatic heterocycles. The van der Waals surface area contributed by atoms with Gasteiger partial charge in [-0.25, -0.2) is 4.79 Å². The minimum atomic E-state index is -0.316. The molecule has 2 heterocycles. The van der Waals surface area contributed by atoms with Crippen molar-refractivity contribution >= 4 is 5.97 Å². The fraction of sp³-hybridized carbons (Fsp3) is 0.588. The normalized spacial score (nSPS) is 20.1. The van der Waals surface area contributed by atoms with E-state index < -0.39 is 0 Å². The molecule has 126 valence electrons. The van der Waals surface area contributed by atoms with Crippen molar-refractivity contribution in [3.05, 3.63) is 23.8 Å². The third-order valence-electron chi connectivity index (χ3n) is 4.20. The van der Waals surface area contributed by atoms with E-state index in [1.807, 2.05) is 6.92 Å². The molecule has 23 heavy (non-hydrogen) atoms. The molecule has 1 fully saturated rings. The van der Waals surface area contributed by atoms with Crippen molar-refractivity contribution in [2.45, 2.75) is 13.0 Å². The number of hydrogen-bond acceptors (Lipinski definition) is 6. The Morgan fingerprint density at radius 3 is 2.61 bits per heavy atom. The largest absolute Gasteiger partial charge is 0.486 e. The molecular formula is C17H24N2O4. The van der Waals surface area contributed by atoms with E-state index in [4.69, 9.17) is 14.2 Å². The molecule has 3 rings (SSSR count). The average Bonchev–Trinajstić information content (AvgIpc) is 2.56. The molecule has 6 nitrogen and oxygen atoms in total. The zero-order valence-corrected chi connectivity index (χ0v) is 13.8. The van der Waals surface area contributed by atoms with Crippen LogP contribution in [0.15, 0.2) is 18.2 Å². The van der Waals surface area contributed by atoms with Crippen molar-refractivity contribution in [1.82, 2.24) is 9.80 Å². The summed E-state index contributed by atoms with van der Waals surface area (Å²) in [5, 5.41) is 0. The second kappa shape index (κ2) is 7.19. The molecule has 6 heteroatoms. The molecule has 1 aromatic rings. The summed E-state index contributed by atoms with van der Waals surface area (Å²) < 4.78 is 16.5. The molecule has 2 aliphatic rings. The minimum Gasteiger partial charge on any atom is -0.486 e. The van der Waals surface area contributed by atoms with Crippen molar-refractivity contribution in [2.75, 3.05) is 53.0 Å². The standard InChI is InChI=1S/C17H24N2O4/c1-13(12-19-7-5-18(2)6-8-19)23-17(20)14-3-4-15-16(11-14)22-10-9-21-15/h3-4,11,13H,5-10,12H2,1-2H3. The van der Waals surface area contributed by atoms with Crippen LogP contribution in [-0.2, 0) is 4.74 Å². The van der Waals surface area contributed by atoms with Gasteiger partial charge in [0.25, 0.3) is 0 Å². The van der Waals surface area contributed by atoms with Crippen LogP contribution in [0.25, 0.3) is 0 Å². The summed E-state index contributed by atoms with van der Waals surface area (Å²) in [7, 11) is 2.13. The minimum absolute atomic E-state index is 0.140. The Hall–Kier alpha value is -1.79. The van der Waals surface area contributed by atoms with Crippen LogP contribution >= 0.6 is 0 Å². The van der Waals surface area contributed by atoms with Crippen molar-refractivity contribution in [3.8, 4) is 11.5 Å². The summed E-state index contributed by atoms with van der Waals surface area (Å²) in [6.07, 6.45) is -0.140. The number of carbonyl (C=O) groups is 1. The van der Waals surface area contributed by atoms with E-state index in [0.29, 0.717) is 30.3 Å². The Labute approximate surface area is 136 Å². The van der Waals surface area contributed by atoms with Gasteiger partial charge in [0.1, 0.15) is 19.3 Å². The summed E-state index contributed by atoms with van der Waals surface area (Å²) in [5.41, 5.74) is 0.500. The van der Waals surface area contributed by atoms with E-state index >= 15 is 0 Å². The van der Waals surface area contributed by atoms with Crippen molar-refractivity contribution in [2.24, 2.45) is 0 Å². The van der Waals surface area contributed by atoms with Gasteiger partial charge in [-0.3, -0.25) is 4.90 Å². The van der Waals surface area contributed by atoms with Gasteiger partial charge in [0.05, 0.1) is 5.56 Å². The molecule has 0 spiro atoms. The van der Waals surface area contributed by atoms with Crippen LogP contribution in [0.3, 0.4) is 0 Å². The quantitative estimate of drug-likeness (QED) is 0.778. The highest BCUT2D eigenvalue weighted by molar-refractivity contribution is 5.90. The first-order chi connectivity index (χ1) is 11.1. The van der Waals surface area contributed by atoms with E-state index in [0.717, 1.165) is 32.7 Å². The number of hydrogen-bond donors (Lipinski definition) is 0. The van der Waals surface area contributed by atoms with E-state index in [1.165, 1.54) is 0 Å². The van der Waals surface area contributed by atoms with Crippen LogP contribution in [-0.4, -0.2) is 74.9 Å². The number of ether oxygens (including phenoxy) is 3. The average molecular weight is 320 g/mol. The van der Waals surface area contributed by atoms with Crippen molar-refractivity contribution < 1.29 is 19.0 Å². The van der Waals surface area contributed by atoms with Crippen molar-refractivity contribution in [3.63, 3.8) is 0 Å². The lowest BCUT2D eigenvalue weighted by atomic mass is 10.2. The number of rotatable bonds is 4. The van der Waals surface area contributed by atoms with Gasteiger partial charge in [-0.15, -0.1) is 0 Å². The van der Waals surface area contributed by atoms with Gasteiger partial charge >= 0.3 is 5.97 Å². The number of esters is 1. The first-order valence-corrected chi connectivity index (χ1v) is 8.13. The molecule has 1 atom stereocenters. The Balaban J connectivity index is 1.54. The summed E-state index contributed by atoms with van der Waals surface area (Å²) in [6, 6.07) is 5.17. The molecule has 0 amide bonds. The highest BCUT2D eigenvalue weighted by Gasteiger charge is 2.20. The van der Waals surface area contributed by atoms with Crippen LogP contribution < -0.4 is 9.47 Å². The summed E-state index contributed by atoms with van der Waals surface area (Å²) in [6.45, 7) is 7.90. The van der Waals surface area contributed by atoms with Crippen LogP contribution in [0, 0.1) is 0 Å². The SMILES string of the molecule is CC(CN1CCN(C)CC1)OC(=O)c1ccc2c(c1)OCCO2. The summed E-state index contributed by atoms with van der Waals surface area (Å²) >= 11 is 0. The predicted octanol–water partition coefficient (Wildman–Crippen LogP) is 1.25. The monoisotopic (exact) mass is 320 g/mol. The number of piperazine rings is 1. The number of nitrogens with zero attached hydrogens (tertiary/aromatic N) is 2. The first kappa shape index (κ1) is 16.1. The van der Waals surface area contributed by atoms with Crippen LogP contribution in [0.4, 0.5) is 0 Å². The van der Waals surface area contributed by atoms with E-state index in [-0.39, 0.29) is 12.1 Å². The van der Waals surface area contributed by atoms with Gasteiger partial charge in [0.2, 0.25) is 0 Å². The second-order valence-electron chi connectivity index (χ2n) is 6.18. The molecular weight excluding hydrogens is 296 g/mol. The molecule has 0 aliphatic carbocycles. The fourth-order valence-corrected chi connectivity index (χ4v) is 2.85. The lowest BCUT2D eigenvalue weighted by Gasteiger charge is -2.33. The molecule has 0 saturated carbocycles. The number of carbonyl (C=O) groups excluding carboxylic acids is 1. The Morgan fingerprint density at radius 2 is 1.87 bits per heavy atom. The van der Waals surface area contributed by atoms with Gasteiger partial charge in [-0.2, -0.15) is 0 Å². The summed E-state index contributed by atoms with van der Waals surface area (Å²) in [4.78, 5) is 16.9. The maximum Gasteiger partial charge on any atom is 0.338 e. The van der Waals surface area contributed by atoms with Crippen LogP contribution in [0.5, 0.6) is 11.5 Å². The molecule has 1 aromatic carbocycles. The van der Waals surface area contributed by atoms with Crippen LogP contribution in [0.2, 0.25) is 0 Å². The Kier molecular flexibility index (Phi) is 5.03. The smallest absolute Gasteiger partial charge is 0.338 e. The number of likely N-dealkylation sites (N-methyl/N-ethyl adjacent to an activating group) is 1. The lowest BCUT2D eigenvalue weighted by molar-refractivity contribution is 0.0206. The topological polar surface area (TPSA) is 51.2 Å². The van der Waals surface area contributed by atoms with E-state index in [1.54, 1.807) is 18.2 Å². The van der Waals surface area contributed by atoms with Gasteiger partial charge < -0.3 is 19.1 Å². The Bertz CT molecular complexity index is 556. The van der Waals surface area contributed by atoms with E-state index in [9.17, 15) is 4.79 Å². The zero-order valence-electron chi connectivity index (χ0n) is 13.8. The van der Waals surface area contributed by atoms with Crippen molar-refractivity contribution in [1.29, 1.82) is 0 Å². The maximum absolute atomic E-state index is 12.3. The molecule has 0 radical (unpaired) electrons. The van der Waals surface area contributed by atoms with Gasteiger partial charge in [-0.05, 0) is 32.2 Å². The molecule has 0 N–H and O–H groups in total. The van der Waals surface area contributed by atoms with Gasteiger partial charge in [0, 0.05) is 32.7 Å². The predicted molar refractivity (Wildman–Crippen MR) is 86.2 cm³/mol. The Morgan fingerprint density at radius 1 is 1.17 bits per heavy atom. The fourth-order valence-electron chi connectivity index (χ4n) is 2.85. The van der Waals surface area contributed by atoms with Gasteiger partial charge in [-0.1, -0.05) is 0 Å². The van der Waals surface area contributed by atoms with E-state index in [2.05, 4.69) is 16.8 Å².